The van der Waals surface area contributed by atoms with Crippen LogP contribution in [0.1, 0.15) is 33.6 Å². The molecule has 1 rings (SSSR count). The van der Waals surface area contributed by atoms with Gasteiger partial charge in [0.05, 0.1) is 12.7 Å². The Bertz CT molecular complexity index is 211. The Kier molecular flexibility index (Phi) is 5.77. The Balaban J connectivity index is 2.06. The van der Waals surface area contributed by atoms with Crippen LogP contribution in [0.5, 0.6) is 0 Å². The fraction of sp³-hybridized carbons (Fsp3) is 0.917. The van der Waals surface area contributed by atoms with Crippen molar-refractivity contribution in [3.05, 3.63) is 0 Å². The molecule has 16 heavy (non-hydrogen) atoms. The van der Waals surface area contributed by atoms with Gasteiger partial charge in [0.1, 0.15) is 0 Å². The van der Waals surface area contributed by atoms with E-state index in [-0.39, 0.29) is 5.91 Å². The SMILES string of the molecule is CC(=O)N1CCC(NCCOC(C)C)CC1. The molecule has 0 spiro atoms. The highest BCUT2D eigenvalue weighted by atomic mass is 16.5. The van der Waals surface area contributed by atoms with Crippen LogP contribution in [0.15, 0.2) is 0 Å². The fourth-order valence-electron chi connectivity index (χ4n) is 1.96. The molecule has 1 fully saturated rings. The third kappa shape index (κ3) is 4.94. The molecule has 0 saturated carbocycles. The maximum absolute atomic E-state index is 11.1. The summed E-state index contributed by atoms with van der Waals surface area (Å²) in [5.41, 5.74) is 0. The lowest BCUT2D eigenvalue weighted by atomic mass is 10.1. The molecule has 4 nitrogen and oxygen atoms in total. The van der Waals surface area contributed by atoms with Crippen molar-refractivity contribution >= 4 is 5.91 Å². The Morgan fingerprint density at radius 1 is 1.44 bits per heavy atom. The minimum absolute atomic E-state index is 0.196. The molecule has 94 valence electrons. The lowest BCUT2D eigenvalue weighted by Crippen LogP contribution is -2.45. The molecule has 1 heterocycles. The highest BCUT2D eigenvalue weighted by Gasteiger charge is 2.19. The van der Waals surface area contributed by atoms with E-state index >= 15 is 0 Å². The van der Waals surface area contributed by atoms with Crippen LogP contribution in [0, 0.1) is 0 Å². The molecule has 0 aromatic rings. The average Bonchev–Trinajstić information content (AvgIpc) is 2.25. The topological polar surface area (TPSA) is 41.6 Å². The Morgan fingerprint density at radius 2 is 2.06 bits per heavy atom. The second kappa shape index (κ2) is 6.86. The van der Waals surface area contributed by atoms with Gasteiger partial charge in [-0.1, -0.05) is 0 Å². The smallest absolute Gasteiger partial charge is 0.219 e. The number of carbonyl (C=O) groups excluding carboxylic acids is 1. The van der Waals surface area contributed by atoms with Gasteiger partial charge in [0.2, 0.25) is 5.91 Å². The minimum atomic E-state index is 0.196. The standard InChI is InChI=1S/C12H24N2O2/c1-10(2)16-9-6-13-12-4-7-14(8-5-12)11(3)15/h10,12-13H,4-9H2,1-3H3. The maximum atomic E-state index is 11.1. The van der Waals surface area contributed by atoms with Crippen molar-refractivity contribution in [2.45, 2.75) is 45.8 Å². The van der Waals surface area contributed by atoms with Crippen LogP contribution in [0.4, 0.5) is 0 Å². The molecule has 1 aliphatic rings. The molecule has 1 amide bonds. The minimum Gasteiger partial charge on any atom is -0.377 e. The van der Waals surface area contributed by atoms with E-state index in [1.807, 2.05) is 18.7 Å². The second-order valence-electron chi connectivity index (χ2n) is 4.65. The third-order valence-electron chi connectivity index (χ3n) is 2.93. The van der Waals surface area contributed by atoms with E-state index in [0.717, 1.165) is 39.1 Å². The van der Waals surface area contributed by atoms with E-state index in [4.69, 9.17) is 4.74 Å². The number of hydrogen-bond donors (Lipinski definition) is 1. The normalized spacial score (nSPS) is 18.1. The molecule has 0 bridgehead atoms. The summed E-state index contributed by atoms with van der Waals surface area (Å²) >= 11 is 0. The molecular formula is C12H24N2O2. The van der Waals surface area contributed by atoms with Gasteiger partial charge >= 0.3 is 0 Å². The molecule has 1 N–H and O–H groups in total. The van der Waals surface area contributed by atoms with E-state index < -0.39 is 0 Å². The zero-order valence-electron chi connectivity index (χ0n) is 10.7. The number of hydrogen-bond acceptors (Lipinski definition) is 3. The Labute approximate surface area is 98.3 Å². The molecule has 1 aliphatic heterocycles. The van der Waals surface area contributed by atoms with Crippen molar-refractivity contribution in [2.24, 2.45) is 0 Å². The first-order chi connectivity index (χ1) is 7.59. The maximum Gasteiger partial charge on any atom is 0.219 e. The molecule has 0 aliphatic carbocycles. The number of rotatable bonds is 5. The lowest BCUT2D eigenvalue weighted by Gasteiger charge is -2.31. The van der Waals surface area contributed by atoms with Crippen LogP contribution in [0.25, 0.3) is 0 Å². The third-order valence-corrected chi connectivity index (χ3v) is 2.93. The molecule has 1 saturated heterocycles. The highest BCUT2D eigenvalue weighted by molar-refractivity contribution is 5.73. The number of nitrogens with one attached hydrogen (secondary N) is 1. The monoisotopic (exact) mass is 228 g/mol. The van der Waals surface area contributed by atoms with E-state index in [2.05, 4.69) is 5.32 Å². The summed E-state index contributed by atoms with van der Waals surface area (Å²) in [5, 5.41) is 3.47. The zero-order valence-corrected chi connectivity index (χ0v) is 10.7. The van der Waals surface area contributed by atoms with Crippen LogP contribution in [-0.2, 0) is 9.53 Å². The average molecular weight is 228 g/mol. The molecule has 4 heteroatoms. The van der Waals surface area contributed by atoms with Crippen LogP contribution in [0.2, 0.25) is 0 Å². The van der Waals surface area contributed by atoms with Gasteiger partial charge in [0.15, 0.2) is 0 Å². The number of piperidine rings is 1. The first-order valence-electron chi connectivity index (χ1n) is 6.20. The van der Waals surface area contributed by atoms with Crippen LogP contribution < -0.4 is 5.32 Å². The van der Waals surface area contributed by atoms with E-state index in [0.29, 0.717) is 12.1 Å². The Hall–Kier alpha value is -0.610. The van der Waals surface area contributed by atoms with Gasteiger partial charge in [-0.05, 0) is 26.7 Å². The van der Waals surface area contributed by atoms with Gasteiger partial charge < -0.3 is 15.0 Å². The van der Waals surface area contributed by atoms with Crippen molar-refractivity contribution in [3.63, 3.8) is 0 Å². The largest absolute Gasteiger partial charge is 0.377 e. The number of nitrogens with zero attached hydrogens (tertiary/aromatic N) is 1. The van der Waals surface area contributed by atoms with Gasteiger partial charge in [-0.15, -0.1) is 0 Å². The fourth-order valence-corrected chi connectivity index (χ4v) is 1.96. The second-order valence-corrected chi connectivity index (χ2v) is 4.65. The van der Waals surface area contributed by atoms with Crippen molar-refractivity contribution in [2.75, 3.05) is 26.2 Å². The van der Waals surface area contributed by atoms with E-state index in [1.54, 1.807) is 6.92 Å². The first kappa shape index (κ1) is 13.5. The summed E-state index contributed by atoms with van der Waals surface area (Å²) in [6.45, 7) is 9.19. The van der Waals surface area contributed by atoms with E-state index in [9.17, 15) is 4.79 Å². The molecule has 0 radical (unpaired) electrons. The summed E-state index contributed by atoms with van der Waals surface area (Å²) in [6.07, 6.45) is 2.42. The van der Waals surface area contributed by atoms with Crippen molar-refractivity contribution in [3.8, 4) is 0 Å². The highest BCUT2D eigenvalue weighted by Crippen LogP contribution is 2.09. The summed E-state index contributed by atoms with van der Waals surface area (Å²) in [6, 6.07) is 0.548. The van der Waals surface area contributed by atoms with Crippen molar-refractivity contribution in [1.82, 2.24) is 10.2 Å². The predicted molar refractivity (Wildman–Crippen MR) is 64.4 cm³/mol. The quantitative estimate of drug-likeness (QED) is 0.714. The first-order valence-corrected chi connectivity index (χ1v) is 6.20. The van der Waals surface area contributed by atoms with Crippen molar-refractivity contribution in [1.29, 1.82) is 0 Å². The van der Waals surface area contributed by atoms with Crippen LogP contribution in [-0.4, -0.2) is 49.2 Å². The van der Waals surface area contributed by atoms with Crippen LogP contribution >= 0.6 is 0 Å². The summed E-state index contributed by atoms with van der Waals surface area (Å²) in [7, 11) is 0. The Morgan fingerprint density at radius 3 is 2.56 bits per heavy atom. The van der Waals surface area contributed by atoms with Crippen molar-refractivity contribution < 1.29 is 9.53 Å². The lowest BCUT2D eigenvalue weighted by molar-refractivity contribution is -0.129. The van der Waals surface area contributed by atoms with Gasteiger partial charge in [-0.2, -0.15) is 0 Å². The van der Waals surface area contributed by atoms with E-state index in [1.165, 1.54) is 0 Å². The van der Waals surface area contributed by atoms with Gasteiger partial charge in [-0.25, -0.2) is 0 Å². The molecular weight excluding hydrogens is 204 g/mol. The molecule has 0 aromatic heterocycles. The molecule has 0 unspecified atom stereocenters. The molecule has 0 atom stereocenters. The number of carbonyl (C=O) groups is 1. The summed E-state index contributed by atoms with van der Waals surface area (Å²) in [4.78, 5) is 13.0. The van der Waals surface area contributed by atoms with Gasteiger partial charge in [-0.3, -0.25) is 4.79 Å². The van der Waals surface area contributed by atoms with Crippen LogP contribution in [0.3, 0.4) is 0 Å². The predicted octanol–water partition coefficient (Wildman–Crippen LogP) is 1.01. The number of ether oxygens (including phenoxy) is 1. The summed E-state index contributed by atoms with van der Waals surface area (Å²) in [5.74, 6) is 0.196. The zero-order chi connectivity index (χ0) is 12.0. The van der Waals surface area contributed by atoms with Gasteiger partial charge in [0.25, 0.3) is 0 Å². The number of amides is 1. The summed E-state index contributed by atoms with van der Waals surface area (Å²) < 4.78 is 5.47. The number of likely N-dealkylation sites (tertiary alicyclic amines) is 1. The molecule has 0 aromatic carbocycles. The van der Waals surface area contributed by atoms with Gasteiger partial charge in [0, 0.05) is 32.6 Å².